The number of halogens is 1. The van der Waals surface area contributed by atoms with Gasteiger partial charge in [0.15, 0.2) is 0 Å². The van der Waals surface area contributed by atoms with Crippen molar-refractivity contribution in [1.29, 1.82) is 0 Å². The quantitative estimate of drug-likeness (QED) is 0.883. The van der Waals surface area contributed by atoms with Gasteiger partial charge in [-0.2, -0.15) is 0 Å². The predicted molar refractivity (Wildman–Crippen MR) is 105 cm³/mol. The summed E-state index contributed by atoms with van der Waals surface area (Å²) in [6.45, 7) is 2.23. The molecule has 1 N–H and O–H groups in total. The zero-order valence-corrected chi connectivity index (χ0v) is 15.5. The maximum absolute atomic E-state index is 13.9. The Hall–Kier alpha value is -2.54. The number of hydrogen-bond acceptors (Lipinski definition) is 4. The van der Waals surface area contributed by atoms with Gasteiger partial charge < -0.3 is 15.1 Å². The van der Waals surface area contributed by atoms with Crippen molar-refractivity contribution in [2.75, 3.05) is 36.4 Å². The summed E-state index contributed by atoms with van der Waals surface area (Å²) in [5.41, 5.74) is 1.37. The summed E-state index contributed by atoms with van der Waals surface area (Å²) >= 11 is 1.44. The summed E-state index contributed by atoms with van der Waals surface area (Å²) in [6, 6.07) is 14.3. The maximum Gasteiger partial charge on any atom is 0.238 e. The fourth-order valence-corrected chi connectivity index (χ4v) is 4.52. The molecule has 2 aliphatic rings. The van der Waals surface area contributed by atoms with E-state index < -0.39 is 5.25 Å². The minimum Gasteiger partial charge on any atom is -0.366 e. The second kappa shape index (κ2) is 7.60. The number of fused-ring (bicyclic) bond motifs is 1. The monoisotopic (exact) mass is 385 g/mol. The van der Waals surface area contributed by atoms with Crippen LogP contribution in [-0.4, -0.2) is 48.1 Å². The number of thioether (sulfide) groups is 1. The highest BCUT2D eigenvalue weighted by molar-refractivity contribution is 8.01. The van der Waals surface area contributed by atoms with Crippen molar-refractivity contribution < 1.29 is 14.0 Å². The van der Waals surface area contributed by atoms with Gasteiger partial charge in [0.1, 0.15) is 5.82 Å². The van der Waals surface area contributed by atoms with Crippen LogP contribution in [0, 0.1) is 5.82 Å². The van der Waals surface area contributed by atoms with Gasteiger partial charge in [0, 0.05) is 37.5 Å². The minimum atomic E-state index is -0.419. The van der Waals surface area contributed by atoms with Gasteiger partial charge in [0.25, 0.3) is 0 Å². The predicted octanol–water partition coefficient (Wildman–Crippen LogP) is 2.98. The average Bonchev–Trinajstić information content (AvgIpc) is 2.69. The number of anilines is 2. The SMILES string of the molecule is O=C1Nc2ccccc2S[C@@H]1CC(=O)N1CCN(c2ccccc2F)CC1. The second-order valence-electron chi connectivity index (χ2n) is 6.62. The molecule has 5 nitrogen and oxygen atoms in total. The Morgan fingerprint density at radius 3 is 2.56 bits per heavy atom. The first-order chi connectivity index (χ1) is 13.1. The highest BCUT2D eigenvalue weighted by Crippen LogP contribution is 2.36. The number of nitrogens with one attached hydrogen (secondary N) is 1. The summed E-state index contributed by atoms with van der Waals surface area (Å²) in [5, 5.41) is 2.45. The van der Waals surface area contributed by atoms with Crippen LogP contribution in [0.1, 0.15) is 6.42 Å². The van der Waals surface area contributed by atoms with Gasteiger partial charge in [0.05, 0.1) is 16.6 Å². The summed E-state index contributed by atoms with van der Waals surface area (Å²) in [6.07, 6.45) is 0.171. The first kappa shape index (κ1) is 17.9. The van der Waals surface area contributed by atoms with Crippen LogP contribution in [0.15, 0.2) is 53.4 Å². The van der Waals surface area contributed by atoms with E-state index in [9.17, 15) is 14.0 Å². The molecule has 4 rings (SSSR count). The van der Waals surface area contributed by atoms with Crippen molar-refractivity contribution in [1.82, 2.24) is 4.90 Å². The van der Waals surface area contributed by atoms with Crippen molar-refractivity contribution in [2.24, 2.45) is 0 Å². The average molecular weight is 385 g/mol. The van der Waals surface area contributed by atoms with Crippen molar-refractivity contribution in [2.45, 2.75) is 16.6 Å². The zero-order chi connectivity index (χ0) is 18.8. The Morgan fingerprint density at radius 1 is 1.07 bits per heavy atom. The first-order valence-electron chi connectivity index (χ1n) is 8.95. The third kappa shape index (κ3) is 3.78. The lowest BCUT2D eigenvalue weighted by molar-refractivity contribution is -0.132. The van der Waals surface area contributed by atoms with Crippen molar-refractivity contribution >= 4 is 35.0 Å². The molecule has 2 heterocycles. The molecule has 27 heavy (non-hydrogen) atoms. The standard InChI is InChI=1S/C20H20FN3O2S/c21-14-5-1-3-7-16(14)23-9-11-24(12-10-23)19(25)13-18-20(26)22-15-6-2-4-8-17(15)27-18/h1-8,18H,9-13H2,(H,22,26)/t18-/m1/s1. The molecule has 2 aliphatic heterocycles. The van der Waals surface area contributed by atoms with Gasteiger partial charge >= 0.3 is 0 Å². The normalized spacial score (nSPS) is 19.4. The largest absolute Gasteiger partial charge is 0.366 e. The van der Waals surface area contributed by atoms with Crippen LogP contribution < -0.4 is 10.2 Å². The van der Waals surface area contributed by atoms with E-state index in [1.165, 1.54) is 17.8 Å². The zero-order valence-electron chi connectivity index (χ0n) is 14.7. The van der Waals surface area contributed by atoms with E-state index >= 15 is 0 Å². The van der Waals surface area contributed by atoms with Crippen LogP contribution in [0.2, 0.25) is 0 Å². The third-order valence-corrected chi connectivity index (χ3v) is 6.17. The Balaban J connectivity index is 1.35. The van der Waals surface area contributed by atoms with Crippen LogP contribution in [0.25, 0.3) is 0 Å². The summed E-state index contributed by atoms with van der Waals surface area (Å²) in [5.74, 6) is -0.404. The van der Waals surface area contributed by atoms with Crippen molar-refractivity contribution in [3.63, 3.8) is 0 Å². The van der Waals surface area contributed by atoms with Gasteiger partial charge in [-0.25, -0.2) is 4.39 Å². The lowest BCUT2D eigenvalue weighted by Crippen LogP contribution is -2.50. The lowest BCUT2D eigenvalue weighted by Gasteiger charge is -2.37. The van der Waals surface area contributed by atoms with Gasteiger partial charge in [0.2, 0.25) is 11.8 Å². The van der Waals surface area contributed by atoms with E-state index in [4.69, 9.17) is 0 Å². The van der Waals surface area contributed by atoms with E-state index in [1.807, 2.05) is 35.2 Å². The molecule has 2 amide bonds. The molecule has 2 aromatic rings. The van der Waals surface area contributed by atoms with E-state index in [2.05, 4.69) is 5.32 Å². The molecule has 1 fully saturated rings. The Labute approximate surface area is 161 Å². The summed E-state index contributed by atoms with van der Waals surface area (Å²) in [7, 11) is 0. The highest BCUT2D eigenvalue weighted by atomic mass is 32.2. The summed E-state index contributed by atoms with van der Waals surface area (Å²) < 4.78 is 13.9. The molecule has 1 atom stereocenters. The van der Waals surface area contributed by atoms with Crippen LogP contribution in [-0.2, 0) is 9.59 Å². The molecule has 140 valence electrons. The number of carbonyl (C=O) groups excluding carboxylic acids is 2. The first-order valence-corrected chi connectivity index (χ1v) is 9.83. The van der Waals surface area contributed by atoms with Gasteiger partial charge in [-0.15, -0.1) is 11.8 Å². The topological polar surface area (TPSA) is 52.7 Å². The molecule has 0 aliphatic carbocycles. The lowest BCUT2D eigenvalue weighted by atomic mass is 10.2. The summed E-state index contributed by atoms with van der Waals surface area (Å²) in [4.78, 5) is 29.7. The Bertz CT molecular complexity index is 868. The molecular weight excluding hydrogens is 365 g/mol. The molecule has 0 bridgehead atoms. The Morgan fingerprint density at radius 2 is 1.78 bits per heavy atom. The van der Waals surface area contributed by atoms with E-state index in [0.717, 1.165) is 10.6 Å². The number of para-hydroxylation sites is 2. The smallest absolute Gasteiger partial charge is 0.238 e. The number of piperazine rings is 1. The molecule has 0 aromatic heterocycles. The number of rotatable bonds is 3. The van der Waals surface area contributed by atoms with Gasteiger partial charge in [-0.3, -0.25) is 9.59 Å². The highest BCUT2D eigenvalue weighted by Gasteiger charge is 2.31. The molecule has 0 saturated carbocycles. The fraction of sp³-hybridized carbons (Fsp3) is 0.300. The fourth-order valence-electron chi connectivity index (χ4n) is 3.42. The third-order valence-electron chi connectivity index (χ3n) is 4.89. The van der Waals surface area contributed by atoms with Crippen LogP contribution >= 0.6 is 11.8 Å². The van der Waals surface area contributed by atoms with Crippen LogP contribution in [0.5, 0.6) is 0 Å². The van der Waals surface area contributed by atoms with Crippen molar-refractivity contribution in [3.05, 3.63) is 54.3 Å². The van der Waals surface area contributed by atoms with Gasteiger partial charge in [-0.05, 0) is 24.3 Å². The molecular formula is C20H20FN3O2S. The number of hydrogen-bond donors (Lipinski definition) is 1. The molecule has 0 spiro atoms. The Kier molecular flexibility index (Phi) is 5.03. The van der Waals surface area contributed by atoms with Gasteiger partial charge in [-0.1, -0.05) is 24.3 Å². The van der Waals surface area contributed by atoms with E-state index in [0.29, 0.717) is 31.9 Å². The molecule has 1 saturated heterocycles. The molecule has 7 heteroatoms. The second-order valence-corrected chi connectivity index (χ2v) is 7.86. The van der Waals surface area contributed by atoms with E-state index in [1.54, 1.807) is 17.0 Å². The van der Waals surface area contributed by atoms with Crippen LogP contribution in [0.4, 0.5) is 15.8 Å². The maximum atomic E-state index is 13.9. The number of carbonyl (C=O) groups is 2. The van der Waals surface area contributed by atoms with E-state index in [-0.39, 0.29) is 24.1 Å². The molecule has 0 radical (unpaired) electrons. The number of nitrogens with zero attached hydrogens (tertiary/aromatic N) is 2. The molecule has 0 unspecified atom stereocenters. The number of benzene rings is 2. The van der Waals surface area contributed by atoms with Crippen molar-refractivity contribution in [3.8, 4) is 0 Å². The minimum absolute atomic E-state index is 0.0322. The van der Waals surface area contributed by atoms with Crippen LogP contribution in [0.3, 0.4) is 0 Å². The number of amides is 2. The molecule has 2 aromatic carbocycles.